The second-order valence-electron chi connectivity index (χ2n) is 6.49. The van der Waals surface area contributed by atoms with Crippen LogP contribution in [0.1, 0.15) is 25.3 Å². The molecule has 4 aromatic rings. The molecule has 7 heteroatoms. The van der Waals surface area contributed by atoms with Crippen LogP contribution in [0.4, 0.5) is 0 Å². The Bertz CT molecular complexity index is 1110. The van der Waals surface area contributed by atoms with E-state index < -0.39 is 0 Å². The Morgan fingerprint density at radius 1 is 0.962 bits per heavy atom. The number of aromatic amines is 1. The molecular formula is C19H18N4O3. The van der Waals surface area contributed by atoms with Gasteiger partial charge in [0.1, 0.15) is 11.5 Å². The van der Waals surface area contributed by atoms with Crippen molar-refractivity contribution in [2.24, 2.45) is 0 Å². The van der Waals surface area contributed by atoms with Gasteiger partial charge in [-0.25, -0.2) is 4.57 Å². The van der Waals surface area contributed by atoms with E-state index in [0.717, 1.165) is 10.9 Å². The second kappa shape index (κ2) is 5.80. The summed E-state index contributed by atoms with van der Waals surface area (Å²) in [6, 6.07) is 10.2. The summed E-state index contributed by atoms with van der Waals surface area (Å²) in [6.45, 7) is 3.88. The minimum Gasteiger partial charge on any atom is -0.508 e. The number of benzene rings is 2. The Labute approximate surface area is 149 Å². The first-order valence-corrected chi connectivity index (χ1v) is 8.24. The van der Waals surface area contributed by atoms with E-state index in [-0.39, 0.29) is 29.3 Å². The lowest BCUT2D eigenvalue weighted by molar-refractivity contribution is 0.420. The van der Waals surface area contributed by atoms with Gasteiger partial charge in [0, 0.05) is 23.2 Å². The third-order valence-electron chi connectivity index (χ3n) is 4.45. The van der Waals surface area contributed by atoms with Gasteiger partial charge in [0.2, 0.25) is 0 Å². The minimum atomic E-state index is -0.284. The van der Waals surface area contributed by atoms with Gasteiger partial charge in [-0.05, 0) is 41.8 Å². The number of nitrogens with zero attached hydrogens (tertiary/aromatic N) is 3. The number of nitrogens with one attached hydrogen (secondary N) is 1. The summed E-state index contributed by atoms with van der Waals surface area (Å²) in [5.41, 5.74) is 2.69. The van der Waals surface area contributed by atoms with Gasteiger partial charge in [-0.15, -0.1) is 5.10 Å². The molecule has 0 fully saturated rings. The van der Waals surface area contributed by atoms with Gasteiger partial charge in [0.15, 0.2) is 5.82 Å². The van der Waals surface area contributed by atoms with Crippen LogP contribution in [0.3, 0.4) is 0 Å². The Morgan fingerprint density at radius 2 is 1.77 bits per heavy atom. The van der Waals surface area contributed by atoms with E-state index in [0.29, 0.717) is 16.8 Å². The molecule has 0 radical (unpaired) electrons. The molecule has 0 atom stereocenters. The van der Waals surface area contributed by atoms with Crippen LogP contribution >= 0.6 is 0 Å². The topological polar surface area (TPSA) is 107 Å². The number of aromatic hydroxyl groups is 3. The van der Waals surface area contributed by atoms with Crippen molar-refractivity contribution in [1.29, 1.82) is 0 Å². The van der Waals surface area contributed by atoms with Crippen molar-refractivity contribution in [3.05, 3.63) is 48.2 Å². The number of hydrogen-bond donors (Lipinski definition) is 4. The Kier molecular flexibility index (Phi) is 3.57. The van der Waals surface area contributed by atoms with Gasteiger partial charge < -0.3 is 20.3 Å². The van der Waals surface area contributed by atoms with Gasteiger partial charge >= 0.3 is 6.01 Å². The molecule has 2 aromatic heterocycles. The van der Waals surface area contributed by atoms with E-state index in [2.05, 4.69) is 15.2 Å². The molecule has 26 heavy (non-hydrogen) atoms. The highest BCUT2D eigenvalue weighted by Crippen LogP contribution is 2.38. The van der Waals surface area contributed by atoms with E-state index in [4.69, 9.17) is 0 Å². The molecule has 132 valence electrons. The predicted octanol–water partition coefficient (Wildman–Crippen LogP) is 3.66. The molecule has 0 saturated heterocycles. The molecule has 7 nitrogen and oxygen atoms in total. The highest BCUT2D eigenvalue weighted by molar-refractivity contribution is 5.82. The zero-order valence-electron chi connectivity index (χ0n) is 14.3. The van der Waals surface area contributed by atoms with Crippen LogP contribution in [-0.4, -0.2) is 35.1 Å². The maximum Gasteiger partial charge on any atom is 0.319 e. The van der Waals surface area contributed by atoms with Gasteiger partial charge in [-0.3, -0.25) is 0 Å². The van der Waals surface area contributed by atoms with Crippen LogP contribution in [0.5, 0.6) is 17.5 Å². The highest BCUT2D eigenvalue weighted by atomic mass is 16.3. The van der Waals surface area contributed by atoms with Crippen LogP contribution in [0.2, 0.25) is 0 Å². The first kappa shape index (κ1) is 16.0. The lowest BCUT2D eigenvalue weighted by Crippen LogP contribution is -1.99. The van der Waals surface area contributed by atoms with E-state index in [9.17, 15) is 15.3 Å². The van der Waals surface area contributed by atoms with E-state index in [1.807, 2.05) is 44.3 Å². The number of hydrogen-bond acceptors (Lipinski definition) is 5. The molecular weight excluding hydrogens is 332 g/mol. The maximum atomic E-state index is 10.3. The first-order valence-electron chi connectivity index (χ1n) is 8.24. The predicted molar refractivity (Wildman–Crippen MR) is 97.7 cm³/mol. The fourth-order valence-corrected chi connectivity index (χ4v) is 3.10. The number of H-pyrrole nitrogens is 1. The molecule has 0 unspecified atom stereocenters. The summed E-state index contributed by atoms with van der Waals surface area (Å²) < 4.78 is 1.46. The normalized spacial score (nSPS) is 11.5. The van der Waals surface area contributed by atoms with E-state index in [1.54, 1.807) is 6.07 Å². The quantitative estimate of drug-likeness (QED) is 0.451. The van der Waals surface area contributed by atoms with Crippen molar-refractivity contribution in [1.82, 2.24) is 19.7 Å². The summed E-state index contributed by atoms with van der Waals surface area (Å²) in [5, 5.41) is 39.4. The first-order chi connectivity index (χ1) is 12.5. The van der Waals surface area contributed by atoms with Crippen molar-refractivity contribution in [2.45, 2.75) is 19.8 Å². The van der Waals surface area contributed by atoms with Crippen LogP contribution in [0.15, 0.2) is 42.6 Å². The van der Waals surface area contributed by atoms with Crippen molar-refractivity contribution in [3.63, 3.8) is 0 Å². The standard InChI is InChI=1S/C19H18N4O3/c1-10(2)13-8-14(17(25)9-16(13)24)18-21-22-19(26)23(18)12-3-4-15-11(7-12)5-6-20-15/h3-10,20,24-25H,1-2H3,(H,22,26). The fraction of sp³-hybridized carbons (Fsp3) is 0.158. The largest absolute Gasteiger partial charge is 0.508 e. The van der Waals surface area contributed by atoms with Crippen LogP contribution in [-0.2, 0) is 0 Å². The van der Waals surface area contributed by atoms with Gasteiger partial charge in [-0.1, -0.05) is 18.9 Å². The van der Waals surface area contributed by atoms with Gasteiger partial charge in [-0.2, -0.15) is 0 Å². The lowest BCUT2D eigenvalue weighted by atomic mass is 9.98. The monoisotopic (exact) mass is 350 g/mol. The zero-order chi connectivity index (χ0) is 18.4. The molecule has 0 saturated carbocycles. The van der Waals surface area contributed by atoms with Crippen molar-refractivity contribution in [2.75, 3.05) is 0 Å². The lowest BCUT2D eigenvalue weighted by Gasteiger charge is -2.13. The highest BCUT2D eigenvalue weighted by Gasteiger charge is 2.21. The van der Waals surface area contributed by atoms with Crippen molar-refractivity contribution >= 4 is 10.9 Å². The summed E-state index contributed by atoms with van der Waals surface area (Å²) in [4.78, 5) is 3.12. The van der Waals surface area contributed by atoms with Crippen LogP contribution in [0, 0.1) is 0 Å². The smallest absolute Gasteiger partial charge is 0.319 e. The number of aromatic nitrogens is 4. The second-order valence-corrected chi connectivity index (χ2v) is 6.49. The molecule has 4 rings (SSSR count). The maximum absolute atomic E-state index is 10.3. The summed E-state index contributed by atoms with van der Waals surface area (Å²) >= 11 is 0. The fourth-order valence-electron chi connectivity index (χ4n) is 3.10. The molecule has 0 aliphatic heterocycles. The average molecular weight is 350 g/mol. The number of fused-ring (bicyclic) bond motifs is 1. The minimum absolute atomic E-state index is 0.0188. The molecule has 0 aliphatic carbocycles. The number of rotatable bonds is 3. The molecule has 2 aromatic carbocycles. The molecule has 0 bridgehead atoms. The Balaban J connectivity index is 1.93. The Hall–Kier alpha value is -3.48. The van der Waals surface area contributed by atoms with Crippen molar-refractivity contribution < 1.29 is 15.3 Å². The van der Waals surface area contributed by atoms with Gasteiger partial charge in [0.05, 0.1) is 11.3 Å². The third kappa shape index (κ3) is 2.45. The molecule has 0 spiro atoms. The summed E-state index contributed by atoms with van der Waals surface area (Å²) in [5.74, 6) is 0.223. The third-order valence-corrected chi connectivity index (χ3v) is 4.45. The van der Waals surface area contributed by atoms with Gasteiger partial charge in [0.25, 0.3) is 0 Å². The molecule has 0 aliphatic rings. The number of phenols is 2. The summed E-state index contributed by atoms with van der Waals surface area (Å²) in [6.07, 6.45) is 1.84. The SMILES string of the molecule is CC(C)c1cc(-c2nnc(O)n2-c2ccc3[nH]ccc3c2)c(O)cc1O. The zero-order valence-corrected chi connectivity index (χ0v) is 14.3. The van der Waals surface area contributed by atoms with E-state index >= 15 is 0 Å². The summed E-state index contributed by atoms with van der Waals surface area (Å²) in [7, 11) is 0. The average Bonchev–Trinajstić information content (AvgIpc) is 3.20. The molecule has 4 N–H and O–H groups in total. The van der Waals surface area contributed by atoms with E-state index in [1.165, 1.54) is 10.6 Å². The number of phenolic OH excluding ortho intramolecular Hbond substituents is 2. The Morgan fingerprint density at radius 3 is 2.54 bits per heavy atom. The molecule has 2 heterocycles. The molecule has 0 amide bonds. The van der Waals surface area contributed by atoms with Crippen LogP contribution < -0.4 is 0 Å². The van der Waals surface area contributed by atoms with Crippen molar-refractivity contribution in [3.8, 4) is 34.6 Å². The van der Waals surface area contributed by atoms with Crippen LogP contribution in [0.25, 0.3) is 28.0 Å².